The van der Waals surface area contributed by atoms with Crippen molar-refractivity contribution in [1.82, 2.24) is 9.97 Å². The van der Waals surface area contributed by atoms with Crippen molar-refractivity contribution in [2.45, 2.75) is 19.5 Å². The third-order valence-corrected chi connectivity index (χ3v) is 3.09. The first-order chi connectivity index (χ1) is 6.48. The highest BCUT2D eigenvalue weighted by atomic mass is 35.5. The second kappa shape index (κ2) is 3.14. The molecule has 0 saturated carbocycles. The predicted molar refractivity (Wildman–Crippen MR) is 56.6 cm³/mol. The zero-order valence-corrected chi connectivity index (χ0v) is 9.29. The molecule has 14 heavy (non-hydrogen) atoms. The fraction of sp³-hybridized carbons (Fsp3) is 0.333. The summed E-state index contributed by atoms with van der Waals surface area (Å²) in [6.45, 7) is 2.83. The van der Waals surface area contributed by atoms with E-state index in [0.29, 0.717) is 10.7 Å². The van der Waals surface area contributed by atoms with Crippen LogP contribution in [-0.2, 0) is 5.67 Å². The lowest BCUT2D eigenvalue weighted by Crippen LogP contribution is -2.14. The summed E-state index contributed by atoms with van der Waals surface area (Å²) in [5, 5.41) is 2.19. The zero-order valence-electron chi connectivity index (χ0n) is 7.71. The van der Waals surface area contributed by atoms with E-state index in [4.69, 9.17) is 11.6 Å². The van der Waals surface area contributed by atoms with Crippen molar-refractivity contribution < 1.29 is 4.39 Å². The SMILES string of the molecule is CC(C)(F)c1nc(Cl)c2sccc2n1. The van der Waals surface area contributed by atoms with E-state index in [1.165, 1.54) is 25.2 Å². The summed E-state index contributed by atoms with van der Waals surface area (Å²) in [5.41, 5.74) is -0.851. The second-order valence-corrected chi connectivity index (χ2v) is 4.72. The van der Waals surface area contributed by atoms with Gasteiger partial charge in [-0.2, -0.15) is 0 Å². The van der Waals surface area contributed by atoms with Gasteiger partial charge in [0.25, 0.3) is 0 Å². The molecule has 2 nitrogen and oxygen atoms in total. The highest BCUT2D eigenvalue weighted by molar-refractivity contribution is 7.17. The molecule has 0 saturated heterocycles. The molecule has 0 atom stereocenters. The van der Waals surface area contributed by atoms with Gasteiger partial charge in [0.15, 0.2) is 16.6 Å². The Bertz CT molecular complexity index is 475. The molecule has 2 rings (SSSR count). The molecule has 0 aromatic carbocycles. The maximum atomic E-state index is 13.6. The van der Waals surface area contributed by atoms with Crippen molar-refractivity contribution in [2.24, 2.45) is 0 Å². The van der Waals surface area contributed by atoms with Gasteiger partial charge in [0.05, 0.1) is 10.2 Å². The molecule has 0 N–H and O–H groups in total. The van der Waals surface area contributed by atoms with Gasteiger partial charge in [0.1, 0.15) is 0 Å². The monoisotopic (exact) mass is 230 g/mol. The summed E-state index contributed by atoms with van der Waals surface area (Å²) < 4.78 is 14.4. The molecule has 0 aliphatic heterocycles. The Morgan fingerprint density at radius 2 is 2.14 bits per heavy atom. The summed E-state index contributed by atoms with van der Waals surface area (Å²) in [5.74, 6) is 0.133. The molecule has 0 bridgehead atoms. The number of hydrogen-bond donors (Lipinski definition) is 0. The van der Waals surface area contributed by atoms with Crippen molar-refractivity contribution >= 4 is 33.2 Å². The molecule has 0 aliphatic carbocycles. The Morgan fingerprint density at radius 3 is 2.79 bits per heavy atom. The van der Waals surface area contributed by atoms with Crippen LogP contribution in [0.4, 0.5) is 4.39 Å². The zero-order chi connectivity index (χ0) is 10.3. The van der Waals surface area contributed by atoms with E-state index >= 15 is 0 Å². The smallest absolute Gasteiger partial charge is 0.167 e. The molecular formula is C9H8ClFN2S. The number of aromatic nitrogens is 2. The van der Waals surface area contributed by atoms with Gasteiger partial charge in [0.2, 0.25) is 0 Å². The Labute approximate surface area is 89.8 Å². The fourth-order valence-corrected chi connectivity index (χ4v) is 2.11. The minimum absolute atomic E-state index is 0.133. The number of nitrogens with zero attached hydrogens (tertiary/aromatic N) is 2. The average Bonchev–Trinajstić information content (AvgIpc) is 2.50. The van der Waals surface area contributed by atoms with Crippen LogP contribution in [0, 0.1) is 0 Å². The molecule has 0 aliphatic rings. The van der Waals surface area contributed by atoms with Crippen molar-refractivity contribution in [3.8, 4) is 0 Å². The Hall–Kier alpha value is -0.740. The first-order valence-corrected chi connectivity index (χ1v) is 5.34. The summed E-state index contributed by atoms with van der Waals surface area (Å²) in [7, 11) is 0. The van der Waals surface area contributed by atoms with Crippen molar-refractivity contribution in [3.63, 3.8) is 0 Å². The van der Waals surface area contributed by atoms with Crippen LogP contribution in [0.15, 0.2) is 11.4 Å². The second-order valence-electron chi connectivity index (χ2n) is 3.45. The largest absolute Gasteiger partial charge is 0.236 e. The lowest BCUT2D eigenvalue weighted by Gasteiger charge is -2.12. The molecule has 74 valence electrons. The van der Waals surface area contributed by atoms with E-state index in [0.717, 1.165) is 4.70 Å². The van der Waals surface area contributed by atoms with Gasteiger partial charge < -0.3 is 0 Å². The van der Waals surface area contributed by atoms with Crippen LogP contribution < -0.4 is 0 Å². The Kier molecular flexibility index (Phi) is 2.20. The van der Waals surface area contributed by atoms with E-state index in [2.05, 4.69) is 9.97 Å². The number of alkyl halides is 1. The van der Waals surface area contributed by atoms with Crippen LogP contribution in [0.25, 0.3) is 10.2 Å². The molecule has 5 heteroatoms. The minimum Gasteiger partial charge on any atom is -0.236 e. The third-order valence-electron chi connectivity index (χ3n) is 1.79. The topological polar surface area (TPSA) is 25.8 Å². The number of halogens is 2. The minimum atomic E-state index is -1.56. The van der Waals surface area contributed by atoms with Crippen molar-refractivity contribution in [1.29, 1.82) is 0 Å². The molecule has 2 aromatic heterocycles. The molecular weight excluding hydrogens is 223 g/mol. The van der Waals surface area contributed by atoms with Gasteiger partial charge in [0, 0.05) is 0 Å². The average molecular weight is 231 g/mol. The van der Waals surface area contributed by atoms with E-state index in [9.17, 15) is 4.39 Å². The maximum Gasteiger partial charge on any atom is 0.167 e. The summed E-state index contributed by atoms with van der Waals surface area (Å²) in [6.07, 6.45) is 0. The normalized spacial score (nSPS) is 12.3. The highest BCUT2D eigenvalue weighted by Gasteiger charge is 2.24. The molecule has 0 unspecified atom stereocenters. The van der Waals surface area contributed by atoms with Crippen LogP contribution in [0.5, 0.6) is 0 Å². The van der Waals surface area contributed by atoms with Crippen molar-refractivity contribution in [2.75, 3.05) is 0 Å². The lowest BCUT2D eigenvalue weighted by molar-refractivity contribution is 0.207. The van der Waals surface area contributed by atoms with E-state index in [1.807, 2.05) is 11.4 Å². The third kappa shape index (κ3) is 1.60. The Morgan fingerprint density at radius 1 is 1.43 bits per heavy atom. The molecule has 0 fully saturated rings. The van der Waals surface area contributed by atoms with Crippen LogP contribution >= 0.6 is 22.9 Å². The van der Waals surface area contributed by atoms with E-state index in [-0.39, 0.29) is 5.82 Å². The van der Waals surface area contributed by atoms with Gasteiger partial charge in [-0.05, 0) is 25.3 Å². The van der Waals surface area contributed by atoms with Gasteiger partial charge in [-0.15, -0.1) is 11.3 Å². The summed E-state index contributed by atoms with van der Waals surface area (Å²) >= 11 is 7.36. The van der Waals surface area contributed by atoms with E-state index < -0.39 is 5.67 Å². The quantitative estimate of drug-likeness (QED) is 0.701. The first kappa shape index (κ1) is 9.80. The van der Waals surface area contributed by atoms with Crippen LogP contribution in [-0.4, -0.2) is 9.97 Å². The van der Waals surface area contributed by atoms with Gasteiger partial charge in [-0.1, -0.05) is 11.6 Å². The standard InChI is InChI=1S/C9H8ClFN2S/c1-9(2,11)8-12-5-3-4-14-6(5)7(10)13-8/h3-4H,1-2H3. The number of thiophene rings is 1. The van der Waals surface area contributed by atoms with Crippen LogP contribution in [0.1, 0.15) is 19.7 Å². The Balaban J connectivity index is 2.70. The lowest BCUT2D eigenvalue weighted by atomic mass is 10.1. The van der Waals surface area contributed by atoms with Crippen molar-refractivity contribution in [3.05, 3.63) is 22.4 Å². The van der Waals surface area contributed by atoms with Crippen LogP contribution in [0.2, 0.25) is 5.15 Å². The molecule has 2 heterocycles. The number of fused-ring (bicyclic) bond motifs is 1. The molecule has 0 spiro atoms. The summed E-state index contributed by atoms with van der Waals surface area (Å²) in [6, 6.07) is 1.81. The molecule has 0 radical (unpaired) electrons. The fourth-order valence-electron chi connectivity index (χ4n) is 1.09. The molecule has 2 aromatic rings. The van der Waals surface area contributed by atoms with Gasteiger partial charge in [-0.3, -0.25) is 0 Å². The summed E-state index contributed by atoms with van der Waals surface area (Å²) in [4.78, 5) is 8.04. The number of rotatable bonds is 1. The maximum absolute atomic E-state index is 13.6. The number of hydrogen-bond acceptors (Lipinski definition) is 3. The van der Waals surface area contributed by atoms with Gasteiger partial charge in [-0.25, -0.2) is 14.4 Å². The predicted octanol–water partition coefficient (Wildman–Crippen LogP) is 3.55. The van der Waals surface area contributed by atoms with E-state index in [1.54, 1.807) is 0 Å². The highest BCUT2D eigenvalue weighted by Crippen LogP contribution is 2.29. The first-order valence-electron chi connectivity index (χ1n) is 4.08. The molecule has 0 amide bonds. The van der Waals surface area contributed by atoms with Crippen LogP contribution in [0.3, 0.4) is 0 Å². The van der Waals surface area contributed by atoms with Gasteiger partial charge >= 0.3 is 0 Å².